The largest absolute Gasteiger partial charge is 0.482 e. The fraction of sp³-hybridized carbons (Fsp3) is 0.286. The van der Waals surface area contributed by atoms with Gasteiger partial charge in [-0.1, -0.05) is 30.7 Å². The van der Waals surface area contributed by atoms with Gasteiger partial charge in [-0.3, -0.25) is 9.59 Å². The van der Waals surface area contributed by atoms with Crippen LogP contribution in [0.25, 0.3) is 0 Å². The first-order valence-corrected chi connectivity index (χ1v) is 10.1. The number of hydrogen-bond acceptors (Lipinski definition) is 5. The summed E-state index contributed by atoms with van der Waals surface area (Å²) in [6, 6.07) is 9.10. The number of ether oxygens (including phenoxy) is 1. The summed E-state index contributed by atoms with van der Waals surface area (Å²) in [7, 11) is 0. The van der Waals surface area contributed by atoms with Crippen molar-refractivity contribution in [2.75, 3.05) is 29.2 Å². The van der Waals surface area contributed by atoms with E-state index in [4.69, 9.17) is 21.4 Å². The first-order chi connectivity index (χ1) is 14.9. The van der Waals surface area contributed by atoms with Crippen molar-refractivity contribution in [1.82, 2.24) is 5.32 Å². The first kappa shape index (κ1) is 22.4. The number of aliphatic hydroxyl groups excluding tert-OH is 1. The van der Waals surface area contributed by atoms with Gasteiger partial charge in [0.05, 0.1) is 35.5 Å². The molecule has 1 heterocycles. The van der Waals surface area contributed by atoms with Crippen LogP contribution in [0.2, 0.25) is 5.02 Å². The second-order valence-corrected chi connectivity index (χ2v) is 7.38. The zero-order valence-electron chi connectivity index (χ0n) is 16.8. The summed E-state index contributed by atoms with van der Waals surface area (Å²) in [5.74, 6) is -0.0465. The molecule has 0 radical (unpaired) electrons. The SMILES string of the molecule is CC[C@@H](CO)NC(=O)Cc1ccc(NC(=O)Nc2cc3c(cc2Cl)NC(=O)CO3)cc1. The number of nitrogens with one attached hydrogen (secondary N) is 4. The number of aliphatic hydroxyl groups is 1. The summed E-state index contributed by atoms with van der Waals surface area (Å²) in [5, 5.41) is 20.1. The smallest absolute Gasteiger partial charge is 0.323 e. The summed E-state index contributed by atoms with van der Waals surface area (Å²) in [6.07, 6.45) is 0.819. The molecular weight excluding hydrogens is 424 g/mol. The van der Waals surface area contributed by atoms with Gasteiger partial charge in [-0.05, 0) is 30.2 Å². The maximum atomic E-state index is 12.3. The maximum absolute atomic E-state index is 12.3. The Kier molecular flexibility index (Phi) is 7.32. The third kappa shape index (κ3) is 6.09. The Balaban J connectivity index is 1.56. The summed E-state index contributed by atoms with van der Waals surface area (Å²) < 4.78 is 5.33. The summed E-state index contributed by atoms with van der Waals surface area (Å²) in [6.45, 7) is 1.67. The lowest BCUT2D eigenvalue weighted by Crippen LogP contribution is -2.37. The highest BCUT2D eigenvalue weighted by Gasteiger charge is 2.19. The molecule has 0 fully saturated rings. The van der Waals surface area contributed by atoms with Crippen molar-refractivity contribution >= 4 is 46.5 Å². The second kappa shape index (κ2) is 10.1. The van der Waals surface area contributed by atoms with Crippen LogP contribution in [-0.2, 0) is 16.0 Å². The number of rotatable bonds is 7. The van der Waals surface area contributed by atoms with E-state index in [9.17, 15) is 14.4 Å². The predicted octanol–water partition coefficient (Wildman–Crippen LogP) is 2.74. The van der Waals surface area contributed by atoms with Gasteiger partial charge in [0, 0.05) is 11.8 Å². The van der Waals surface area contributed by atoms with E-state index >= 15 is 0 Å². The number of amides is 4. The van der Waals surface area contributed by atoms with Gasteiger partial charge in [0.25, 0.3) is 5.91 Å². The Hall–Kier alpha value is -3.30. The monoisotopic (exact) mass is 446 g/mol. The molecule has 3 rings (SSSR count). The van der Waals surface area contributed by atoms with Gasteiger partial charge in [-0.2, -0.15) is 0 Å². The number of halogens is 1. The van der Waals surface area contributed by atoms with E-state index in [0.29, 0.717) is 29.2 Å². The van der Waals surface area contributed by atoms with E-state index in [1.165, 1.54) is 12.1 Å². The third-order valence-electron chi connectivity index (χ3n) is 4.61. The topological polar surface area (TPSA) is 129 Å². The number of carbonyl (C=O) groups is 3. The van der Waals surface area contributed by atoms with E-state index in [1.807, 2.05) is 6.92 Å². The quantitative estimate of drug-likeness (QED) is 0.446. The summed E-state index contributed by atoms with van der Waals surface area (Å²) in [4.78, 5) is 35.7. The molecule has 0 saturated heterocycles. The van der Waals surface area contributed by atoms with Gasteiger partial charge in [0.2, 0.25) is 5.91 Å². The lowest BCUT2D eigenvalue weighted by Gasteiger charge is -2.19. The van der Waals surface area contributed by atoms with Crippen molar-refractivity contribution in [2.45, 2.75) is 25.8 Å². The van der Waals surface area contributed by atoms with Gasteiger partial charge in [0.1, 0.15) is 5.75 Å². The average Bonchev–Trinajstić information content (AvgIpc) is 2.74. The van der Waals surface area contributed by atoms with Crippen molar-refractivity contribution in [3.8, 4) is 5.75 Å². The minimum Gasteiger partial charge on any atom is -0.482 e. The highest BCUT2D eigenvalue weighted by atomic mass is 35.5. The Bertz CT molecular complexity index is 976. The van der Waals surface area contributed by atoms with Crippen molar-refractivity contribution in [1.29, 1.82) is 0 Å². The molecule has 0 bridgehead atoms. The fourth-order valence-corrected chi connectivity index (χ4v) is 3.14. The van der Waals surface area contributed by atoms with Crippen molar-refractivity contribution in [3.05, 3.63) is 47.0 Å². The number of anilines is 3. The van der Waals surface area contributed by atoms with Crippen LogP contribution in [0.4, 0.5) is 21.9 Å². The average molecular weight is 447 g/mol. The fourth-order valence-electron chi connectivity index (χ4n) is 2.93. The zero-order valence-corrected chi connectivity index (χ0v) is 17.6. The van der Waals surface area contributed by atoms with E-state index in [0.717, 1.165) is 5.56 Å². The lowest BCUT2D eigenvalue weighted by molar-refractivity contribution is -0.121. The number of hydrogen-bond donors (Lipinski definition) is 5. The number of carbonyl (C=O) groups excluding carboxylic acids is 3. The maximum Gasteiger partial charge on any atom is 0.323 e. The molecule has 10 heteroatoms. The first-order valence-electron chi connectivity index (χ1n) is 9.71. The molecule has 0 saturated carbocycles. The minimum absolute atomic E-state index is 0.102. The van der Waals surface area contributed by atoms with Crippen LogP contribution in [-0.4, -0.2) is 42.2 Å². The van der Waals surface area contributed by atoms with Crippen LogP contribution in [0.15, 0.2) is 36.4 Å². The molecule has 2 aromatic carbocycles. The molecule has 4 amide bonds. The minimum atomic E-state index is -0.513. The molecule has 0 aromatic heterocycles. The van der Waals surface area contributed by atoms with Gasteiger partial charge >= 0.3 is 6.03 Å². The lowest BCUT2D eigenvalue weighted by atomic mass is 10.1. The Morgan fingerprint density at radius 3 is 2.65 bits per heavy atom. The van der Waals surface area contributed by atoms with Crippen molar-refractivity contribution in [3.63, 3.8) is 0 Å². The van der Waals surface area contributed by atoms with Crippen LogP contribution in [0, 0.1) is 0 Å². The van der Waals surface area contributed by atoms with Crippen LogP contribution in [0.1, 0.15) is 18.9 Å². The molecule has 0 spiro atoms. The molecule has 0 aliphatic carbocycles. The van der Waals surface area contributed by atoms with Gasteiger partial charge in [-0.25, -0.2) is 4.79 Å². The van der Waals surface area contributed by atoms with Crippen LogP contribution in [0.3, 0.4) is 0 Å². The second-order valence-electron chi connectivity index (χ2n) is 6.97. The van der Waals surface area contributed by atoms with Gasteiger partial charge < -0.3 is 31.1 Å². The highest BCUT2D eigenvalue weighted by molar-refractivity contribution is 6.34. The standard InChI is InChI=1S/C21H23ClN4O5/c1-2-13(10-27)23-19(28)7-12-3-5-14(6-4-12)24-21(30)26-16-9-18-17(8-15(16)22)25-20(29)11-31-18/h3-6,8-9,13,27H,2,7,10-11H2,1H3,(H,23,28)(H,25,29)(H2,24,26,30)/t13-/m0/s1. The third-order valence-corrected chi connectivity index (χ3v) is 4.92. The normalized spacial score (nSPS) is 13.3. The van der Waals surface area contributed by atoms with Crippen LogP contribution < -0.4 is 26.0 Å². The molecule has 1 aliphatic heterocycles. The number of benzene rings is 2. The summed E-state index contributed by atoms with van der Waals surface area (Å²) in [5.41, 5.74) is 2.07. The van der Waals surface area contributed by atoms with E-state index in [-0.39, 0.29) is 42.5 Å². The van der Waals surface area contributed by atoms with E-state index in [2.05, 4.69) is 21.3 Å². The molecule has 164 valence electrons. The molecular formula is C21H23ClN4O5. The molecule has 2 aromatic rings. The zero-order chi connectivity index (χ0) is 22.4. The molecule has 1 aliphatic rings. The van der Waals surface area contributed by atoms with E-state index < -0.39 is 6.03 Å². The number of fused-ring (bicyclic) bond motifs is 1. The van der Waals surface area contributed by atoms with Crippen LogP contribution in [0.5, 0.6) is 5.75 Å². The molecule has 31 heavy (non-hydrogen) atoms. The molecule has 5 N–H and O–H groups in total. The Morgan fingerprint density at radius 1 is 1.23 bits per heavy atom. The van der Waals surface area contributed by atoms with Crippen molar-refractivity contribution in [2.24, 2.45) is 0 Å². The number of urea groups is 1. The summed E-state index contributed by atoms with van der Waals surface area (Å²) >= 11 is 6.18. The molecule has 9 nitrogen and oxygen atoms in total. The molecule has 0 unspecified atom stereocenters. The van der Waals surface area contributed by atoms with E-state index in [1.54, 1.807) is 24.3 Å². The molecule has 1 atom stereocenters. The Labute approximate surface area is 184 Å². The predicted molar refractivity (Wildman–Crippen MR) is 118 cm³/mol. The van der Waals surface area contributed by atoms with Gasteiger partial charge in [-0.15, -0.1) is 0 Å². The van der Waals surface area contributed by atoms with Crippen molar-refractivity contribution < 1.29 is 24.2 Å². The van der Waals surface area contributed by atoms with Gasteiger partial charge in [0.15, 0.2) is 6.61 Å². The van der Waals surface area contributed by atoms with Crippen LogP contribution >= 0.6 is 11.6 Å². The highest BCUT2D eigenvalue weighted by Crippen LogP contribution is 2.36. The Morgan fingerprint density at radius 2 is 1.97 bits per heavy atom.